The van der Waals surface area contributed by atoms with Gasteiger partial charge in [-0.05, 0) is 54.1 Å². The average molecular weight is 303 g/mol. The number of benzene rings is 1. The van der Waals surface area contributed by atoms with Crippen molar-refractivity contribution in [3.63, 3.8) is 0 Å². The fourth-order valence-corrected chi connectivity index (χ4v) is 2.15. The molecule has 0 radical (unpaired) electrons. The van der Waals surface area contributed by atoms with Crippen LogP contribution in [-0.2, 0) is 0 Å². The lowest BCUT2D eigenvalue weighted by Crippen LogP contribution is -2.37. The summed E-state index contributed by atoms with van der Waals surface area (Å²) >= 11 is 2.31. The van der Waals surface area contributed by atoms with Crippen molar-refractivity contribution >= 4 is 22.6 Å². The molecule has 0 saturated carbocycles. The van der Waals surface area contributed by atoms with Crippen LogP contribution in [0.1, 0.15) is 12.8 Å². The van der Waals surface area contributed by atoms with Crippen LogP contribution in [0.5, 0.6) is 5.75 Å². The number of hydrogen-bond donors (Lipinski definition) is 1. The summed E-state index contributed by atoms with van der Waals surface area (Å²) in [6, 6.07) is 8.17. The SMILES string of the molecule is Ic1ccccc1O[C@@H]1CCCNC1. The molecule has 1 aromatic rings. The number of hydrogen-bond acceptors (Lipinski definition) is 2. The molecule has 1 fully saturated rings. The number of piperidine rings is 1. The van der Waals surface area contributed by atoms with E-state index in [-0.39, 0.29) is 0 Å². The Kier molecular flexibility index (Phi) is 3.64. The van der Waals surface area contributed by atoms with Crippen LogP contribution in [0, 0.1) is 3.57 Å². The minimum absolute atomic E-state index is 0.347. The smallest absolute Gasteiger partial charge is 0.133 e. The highest BCUT2D eigenvalue weighted by atomic mass is 127. The Labute approximate surface area is 98.2 Å². The molecule has 1 aromatic carbocycles. The van der Waals surface area contributed by atoms with Gasteiger partial charge in [0, 0.05) is 6.54 Å². The summed E-state index contributed by atoms with van der Waals surface area (Å²) in [5, 5.41) is 3.35. The number of ether oxygens (including phenoxy) is 1. The minimum atomic E-state index is 0.347. The van der Waals surface area contributed by atoms with E-state index in [4.69, 9.17) is 4.74 Å². The first-order chi connectivity index (χ1) is 6.86. The lowest BCUT2D eigenvalue weighted by Gasteiger charge is -2.24. The van der Waals surface area contributed by atoms with Crippen molar-refractivity contribution in [2.24, 2.45) is 0 Å². The molecule has 14 heavy (non-hydrogen) atoms. The summed E-state index contributed by atoms with van der Waals surface area (Å²) in [6.07, 6.45) is 2.73. The zero-order valence-electron chi connectivity index (χ0n) is 8.00. The van der Waals surface area contributed by atoms with Crippen LogP contribution in [-0.4, -0.2) is 19.2 Å². The molecule has 0 amide bonds. The topological polar surface area (TPSA) is 21.3 Å². The van der Waals surface area contributed by atoms with Gasteiger partial charge in [0.2, 0.25) is 0 Å². The lowest BCUT2D eigenvalue weighted by molar-refractivity contribution is 0.166. The molecule has 0 unspecified atom stereocenters. The molecule has 1 heterocycles. The van der Waals surface area contributed by atoms with Gasteiger partial charge in [-0.25, -0.2) is 0 Å². The fraction of sp³-hybridized carbons (Fsp3) is 0.455. The minimum Gasteiger partial charge on any atom is -0.488 e. The molecule has 0 aromatic heterocycles. The van der Waals surface area contributed by atoms with Gasteiger partial charge in [0.25, 0.3) is 0 Å². The van der Waals surface area contributed by atoms with Crippen LogP contribution in [0.2, 0.25) is 0 Å². The quantitative estimate of drug-likeness (QED) is 0.847. The van der Waals surface area contributed by atoms with E-state index < -0.39 is 0 Å². The van der Waals surface area contributed by atoms with Crippen molar-refractivity contribution < 1.29 is 4.74 Å². The van der Waals surface area contributed by atoms with Gasteiger partial charge in [-0.1, -0.05) is 12.1 Å². The first-order valence-electron chi connectivity index (χ1n) is 4.98. The summed E-state index contributed by atoms with van der Waals surface area (Å²) in [6.45, 7) is 2.11. The first-order valence-corrected chi connectivity index (χ1v) is 6.06. The molecular weight excluding hydrogens is 289 g/mol. The number of rotatable bonds is 2. The van der Waals surface area contributed by atoms with Gasteiger partial charge in [-0.15, -0.1) is 0 Å². The molecule has 2 nitrogen and oxygen atoms in total. The summed E-state index contributed by atoms with van der Waals surface area (Å²) in [4.78, 5) is 0. The van der Waals surface area contributed by atoms with Crippen molar-refractivity contribution in [2.45, 2.75) is 18.9 Å². The molecule has 1 saturated heterocycles. The van der Waals surface area contributed by atoms with Crippen molar-refractivity contribution in [1.82, 2.24) is 5.32 Å². The molecule has 76 valence electrons. The Hall–Kier alpha value is -0.290. The molecular formula is C11H14INO. The van der Waals surface area contributed by atoms with Gasteiger partial charge in [0.15, 0.2) is 0 Å². The van der Waals surface area contributed by atoms with Crippen LogP contribution >= 0.6 is 22.6 Å². The first kappa shape index (κ1) is 10.2. The number of nitrogens with one attached hydrogen (secondary N) is 1. The maximum Gasteiger partial charge on any atom is 0.133 e. The molecule has 1 aliphatic rings. The molecule has 0 bridgehead atoms. The van der Waals surface area contributed by atoms with Gasteiger partial charge in [0.05, 0.1) is 3.57 Å². The van der Waals surface area contributed by atoms with Crippen LogP contribution in [0.3, 0.4) is 0 Å². The van der Waals surface area contributed by atoms with E-state index in [2.05, 4.69) is 34.0 Å². The Morgan fingerprint density at radius 2 is 2.21 bits per heavy atom. The predicted molar refractivity (Wildman–Crippen MR) is 65.7 cm³/mol. The second-order valence-corrected chi connectivity index (χ2v) is 4.68. The van der Waals surface area contributed by atoms with Crippen LogP contribution in [0.15, 0.2) is 24.3 Å². The van der Waals surface area contributed by atoms with Crippen LogP contribution < -0.4 is 10.1 Å². The van der Waals surface area contributed by atoms with E-state index >= 15 is 0 Å². The van der Waals surface area contributed by atoms with E-state index in [1.54, 1.807) is 0 Å². The molecule has 1 atom stereocenters. The molecule has 0 spiro atoms. The second-order valence-electron chi connectivity index (χ2n) is 3.52. The molecule has 2 rings (SSSR count). The van der Waals surface area contributed by atoms with Gasteiger partial charge < -0.3 is 10.1 Å². The highest BCUT2D eigenvalue weighted by molar-refractivity contribution is 14.1. The lowest BCUT2D eigenvalue weighted by atomic mass is 10.1. The third-order valence-electron chi connectivity index (χ3n) is 2.38. The Balaban J connectivity index is 1.99. The molecule has 1 N–H and O–H groups in total. The van der Waals surface area contributed by atoms with Gasteiger partial charge in [-0.2, -0.15) is 0 Å². The fourth-order valence-electron chi connectivity index (χ4n) is 1.64. The Morgan fingerprint density at radius 3 is 2.93 bits per heavy atom. The van der Waals surface area contributed by atoms with E-state index in [9.17, 15) is 0 Å². The largest absolute Gasteiger partial charge is 0.488 e. The number of halogens is 1. The van der Waals surface area contributed by atoms with E-state index in [0.29, 0.717) is 6.10 Å². The molecule has 1 aliphatic heterocycles. The Morgan fingerprint density at radius 1 is 1.36 bits per heavy atom. The van der Waals surface area contributed by atoms with Crippen molar-refractivity contribution in [3.05, 3.63) is 27.8 Å². The van der Waals surface area contributed by atoms with Crippen LogP contribution in [0.25, 0.3) is 0 Å². The third-order valence-corrected chi connectivity index (χ3v) is 3.27. The highest BCUT2D eigenvalue weighted by Gasteiger charge is 2.14. The maximum absolute atomic E-state index is 5.92. The van der Waals surface area contributed by atoms with E-state index in [1.165, 1.54) is 9.99 Å². The van der Waals surface area contributed by atoms with Gasteiger partial charge in [0.1, 0.15) is 11.9 Å². The molecule has 0 aliphatic carbocycles. The highest BCUT2D eigenvalue weighted by Crippen LogP contribution is 2.22. The third kappa shape index (κ3) is 2.60. The zero-order chi connectivity index (χ0) is 9.80. The van der Waals surface area contributed by atoms with Gasteiger partial charge in [-0.3, -0.25) is 0 Å². The summed E-state index contributed by atoms with van der Waals surface area (Å²) in [5.74, 6) is 1.02. The van der Waals surface area contributed by atoms with Gasteiger partial charge >= 0.3 is 0 Å². The van der Waals surface area contributed by atoms with Crippen molar-refractivity contribution in [2.75, 3.05) is 13.1 Å². The maximum atomic E-state index is 5.92. The Bertz CT molecular complexity index is 297. The summed E-state index contributed by atoms with van der Waals surface area (Å²) in [7, 11) is 0. The van der Waals surface area contributed by atoms with Crippen molar-refractivity contribution in [1.29, 1.82) is 0 Å². The van der Waals surface area contributed by atoms with Crippen LogP contribution in [0.4, 0.5) is 0 Å². The normalized spacial score (nSPS) is 21.9. The monoisotopic (exact) mass is 303 g/mol. The second kappa shape index (κ2) is 4.98. The molecule has 3 heteroatoms. The van der Waals surface area contributed by atoms with E-state index in [1.807, 2.05) is 18.2 Å². The van der Waals surface area contributed by atoms with E-state index in [0.717, 1.165) is 25.3 Å². The summed E-state index contributed by atoms with van der Waals surface area (Å²) < 4.78 is 7.11. The number of para-hydroxylation sites is 1. The van der Waals surface area contributed by atoms with Crippen molar-refractivity contribution in [3.8, 4) is 5.75 Å². The summed E-state index contributed by atoms with van der Waals surface area (Å²) in [5.41, 5.74) is 0. The zero-order valence-corrected chi connectivity index (χ0v) is 10.2. The predicted octanol–water partition coefficient (Wildman–Crippen LogP) is 2.42. The average Bonchev–Trinajstić information content (AvgIpc) is 2.23. The standard InChI is InChI=1S/C11H14INO/c12-10-5-1-2-6-11(10)14-9-4-3-7-13-8-9/h1-2,5-6,9,13H,3-4,7-8H2/t9-/m1/s1.